The first-order valence-electron chi connectivity index (χ1n) is 23.3. The van der Waals surface area contributed by atoms with E-state index >= 15 is 0 Å². The van der Waals surface area contributed by atoms with Gasteiger partial charge in [-0.25, -0.2) is 0 Å². The van der Waals surface area contributed by atoms with Crippen molar-refractivity contribution in [2.75, 3.05) is 32.6 Å². The number of carbonyl (C=O) groups excluding carboxylic acids is 3. The van der Waals surface area contributed by atoms with Crippen LogP contribution in [0.1, 0.15) is 89.4 Å². The van der Waals surface area contributed by atoms with Gasteiger partial charge in [-0.2, -0.15) is 5.10 Å². The number of ketones is 1. The molecule has 5 bridgehead atoms. The number of nitrogens with one attached hydrogen (secondary N) is 1. The van der Waals surface area contributed by atoms with Crippen molar-refractivity contribution in [2.45, 2.75) is 118 Å². The predicted molar refractivity (Wildman–Crippen MR) is 260 cm³/mol. The maximum atomic E-state index is 14.7. The highest BCUT2D eigenvalue weighted by Gasteiger charge is 2.50. The van der Waals surface area contributed by atoms with Crippen molar-refractivity contribution in [1.29, 1.82) is 0 Å². The zero-order chi connectivity index (χ0) is 50.8. The third-order valence-electron chi connectivity index (χ3n) is 13.9. The second-order valence-electron chi connectivity index (χ2n) is 19.0. The molecule has 6 N–H and O–H groups in total. The minimum absolute atomic E-state index is 0.0446. The number of aromatic hydroxyl groups is 3. The summed E-state index contributed by atoms with van der Waals surface area (Å²) in [6.07, 6.45) is 4.84. The molecule has 374 valence electrons. The van der Waals surface area contributed by atoms with Crippen molar-refractivity contribution < 1.29 is 63.6 Å². The molecule has 0 radical (unpaired) electrons. The van der Waals surface area contributed by atoms with Gasteiger partial charge < -0.3 is 54.5 Å². The number of Topliss-reactive ketones (excluding diaryl/α,β-unsaturated/α-hetero) is 1. The number of benzene rings is 3. The van der Waals surface area contributed by atoms with Gasteiger partial charge >= 0.3 is 11.8 Å². The van der Waals surface area contributed by atoms with E-state index in [-0.39, 0.29) is 56.6 Å². The number of amides is 1. The van der Waals surface area contributed by atoms with Crippen LogP contribution in [0.4, 0.5) is 5.69 Å². The van der Waals surface area contributed by atoms with Crippen molar-refractivity contribution in [2.24, 2.45) is 28.8 Å². The number of phenolic OH excluding ortho intramolecular Hbond substituents is 3. The third kappa shape index (κ3) is 10.6. The first-order chi connectivity index (χ1) is 32.5. The SMILES string of the molecule is COc1ccc(CN2CC(C)N(/N=C/c3c4c(O)c5c(O)c(C)c6c(c5c3O)C(=O)C(C)(O/C=C/C(OC)C(C)C(OC(C)=O)C(C)C(O)C(C)C(O)C(C)/C=C/C=C(\C)C(=O)N4)O6)C(C)C2)cc1. The van der Waals surface area contributed by atoms with Gasteiger partial charge in [0.15, 0.2) is 5.75 Å². The van der Waals surface area contributed by atoms with E-state index in [4.69, 9.17) is 28.8 Å². The molecular formula is C52H68N4O13. The van der Waals surface area contributed by atoms with Crippen LogP contribution in [0.3, 0.4) is 0 Å². The average Bonchev–Trinajstić information content (AvgIpc) is 3.57. The van der Waals surface area contributed by atoms with Gasteiger partial charge in [-0.15, -0.1) is 0 Å². The number of fused-ring (bicyclic) bond motifs is 14. The van der Waals surface area contributed by atoms with Gasteiger partial charge in [0.2, 0.25) is 0 Å². The zero-order valence-electron chi connectivity index (χ0n) is 41.5. The molecular weight excluding hydrogens is 889 g/mol. The third-order valence-corrected chi connectivity index (χ3v) is 13.9. The minimum atomic E-state index is -2.07. The molecule has 0 aliphatic carbocycles. The quantitative estimate of drug-likeness (QED) is 0.0627. The molecule has 69 heavy (non-hydrogen) atoms. The molecule has 1 amide bonds. The number of anilines is 1. The Labute approximate surface area is 403 Å². The minimum Gasteiger partial charge on any atom is -0.507 e. The van der Waals surface area contributed by atoms with E-state index in [1.165, 1.54) is 59.4 Å². The van der Waals surface area contributed by atoms with Crippen LogP contribution in [-0.4, -0.2) is 129 Å². The fraction of sp³-hybridized carbons (Fsp3) is 0.500. The molecule has 17 heteroatoms. The number of esters is 1. The van der Waals surface area contributed by atoms with Crippen LogP contribution in [0.2, 0.25) is 0 Å². The highest BCUT2D eigenvalue weighted by Crippen LogP contribution is 2.55. The summed E-state index contributed by atoms with van der Waals surface area (Å²) >= 11 is 0. The summed E-state index contributed by atoms with van der Waals surface area (Å²) in [5.74, 6) is -7.76. The van der Waals surface area contributed by atoms with Gasteiger partial charge in [-0.05, 0) is 51.5 Å². The Hall–Kier alpha value is -6.14. The summed E-state index contributed by atoms with van der Waals surface area (Å²) in [5.41, 5.74) is 0.686. The lowest BCUT2D eigenvalue weighted by atomic mass is 9.78. The molecule has 1 saturated heterocycles. The number of hydrogen-bond donors (Lipinski definition) is 6. The van der Waals surface area contributed by atoms with Gasteiger partial charge in [-0.3, -0.25) is 24.3 Å². The summed E-state index contributed by atoms with van der Waals surface area (Å²) in [7, 11) is 3.06. The molecule has 0 spiro atoms. The predicted octanol–water partition coefficient (Wildman–Crippen LogP) is 6.69. The Kier molecular flexibility index (Phi) is 16.1. The number of hydrogen-bond acceptors (Lipinski definition) is 16. The number of allylic oxidation sites excluding steroid dienone is 2. The lowest BCUT2D eigenvalue weighted by Crippen LogP contribution is -2.54. The number of piperazine rings is 1. The first-order valence-corrected chi connectivity index (χ1v) is 23.3. The van der Waals surface area contributed by atoms with Crippen LogP contribution in [0, 0.1) is 30.6 Å². The normalized spacial score (nSPS) is 31.2. The topological polar surface area (TPSA) is 229 Å². The van der Waals surface area contributed by atoms with Crippen molar-refractivity contribution in [3.8, 4) is 28.7 Å². The van der Waals surface area contributed by atoms with Gasteiger partial charge in [0.05, 0.1) is 72.2 Å². The van der Waals surface area contributed by atoms with Crippen LogP contribution >= 0.6 is 0 Å². The number of aliphatic hydroxyl groups is 2. The Morgan fingerprint density at radius 2 is 1.55 bits per heavy atom. The summed E-state index contributed by atoms with van der Waals surface area (Å²) in [5, 5.41) is 68.2. The van der Waals surface area contributed by atoms with Crippen LogP contribution in [-0.2, 0) is 30.3 Å². The Bertz CT molecular complexity index is 2530. The number of ether oxygens (including phenoxy) is 5. The number of hydrazone groups is 1. The summed E-state index contributed by atoms with van der Waals surface area (Å²) in [4.78, 5) is 43.4. The van der Waals surface area contributed by atoms with Crippen molar-refractivity contribution in [3.05, 3.63) is 82.7 Å². The molecule has 11 atom stereocenters. The number of carbonyl (C=O) groups is 3. The van der Waals surface area contributed by atoms with Gasteiger partial charge in [0.25, 0.3) is 11.7 Å². The van der Waals surface area contributed by atoms with E-state index in [9.17, 15) is 39.9 Å². The van der Waals surface area contributed by atoms with Crippen molar-refractivity contribution >= 4 is 40.3 Å². The van der Waals surface area contributed by atoms with E-state index in [0.717, 1.165) is 11.3 Å². The van der Waals surface area contributed by atoms with Crippen LogP contribution in [0.15, 0.2) is 65.5 Å². The first kappa shape index (κ1) is 52.2. The maximum absolute atomic E-state index is 14.7. The molecule has 4 aliphatic rings. The van der Waals surface area contributed by atoms with E-state index in [1.54, 1.807) is 47.0 Å². The second-order valence-corrected chi connectivity index (χ2v) is 19.0. The maximum Gasteiger partial charge on any atom is 0.312 e. The molecule has 3 aromatic carbocycles. The molecule has 4 heterocycles. The molecule has 1 fully saturated rings. The lowest BCUT2D eigenvalue weighted by molar-refractivity contribution is -0.160. The number of phenols is 3. The number of aliphatic hydroxyl groups excluding tert-OH is 2. The lowest BCUT2D eigenvalue weighted by Gasteiger charge is -2.42. The fourth-order valence-corrected chi connectivity index (χ4v) is 9.77. The Balaban J connectivity index is 1.47. The van der Waals surface area contributed by atoms with Crippen molar-refractivity contribution in [1.82, 2.24) is 9.91 Å². The summed E-state index contributed by atoms with van der Waals surface area (Å²) in [6, 6.07) is 7.62. The van der Waals surface area contributed by atoms with Crippen LogP contribution in [0.25, 0.3) is 10.8 Å². The number of methoxy groups -OCH3 is 2. The molecule has 7 rings (SSSR count). The summed E-state index contributed by atoms with van der Waals surface area (Å²) < 4.78 is 29.1. The van der Waals surface area contributed by atoms with Crippen LogP contribution in [0.5, 0.6) is 28.7 Å². The van der Waals surface area contributed by atoms with E-state index in [2.05, 4.69) is 10.2 Å². The van der Waals surface area contributed by atoms with Gasteiger partial charge in [0.1, 0.15) is 29.1 Å². The largest absolute Gasteiger partial charge is 0.507 e. The second kappa shape index (κ2) is 21.2. The summed E-state index contributed by atoms with van der Waals surface area (Å²) in [6.45, 7) is 18.5. The monoisotopic (exact) mass is 956 g/mol. The molecule has 0 aromatic heterocycles. The number of nitrogens with zero attached hydrogens (tertiary/aromatic N) is 3. The molecule has 11 unspecified atom stereocenters. The highest BCUT2D eigenvalue weighted by atomic mass is 16.7. The average molecular weight is 957 g/mol. The fourth-order valence-electron chi connectivity index (χ4n) is 9.77. The van der Waals surface area contributed by atoms with Crippen LogP contribution < -0.4 is 14.8 Å². The molecule has 4 aliphatic heterocycles. The van der Waals surface area contributed by atoms with E-state index in [0.29, 0.717) is 19.6 Å². The Morgan fingerprint density at radius 1 is 0.899 bits per heavy atom. The highest BCUT2D eigenvalue weighted by molar-refractivity contribution is 6.23. The molecule has 0 saturated carbocycles. The van der Waals surface area contributed by atoms with E-state index < -0.39 is 88.8 Å². The molecule has 3 aromatic rings. The van der Waals surface area contributed by atoms with Crippen molar-refractivity contribution in [3.63, 3.8) is 0 Å². The standard InChI is InChI=1S/C52H68N4O13/c1-26-14-13-15-27(2)51(64)54-42-37(22-53-56-28(3)23-55(24-29(56)4)25-35-16-18-36(65-11)19-17-35)46(61)39-40(47(42)62)45(60)33(8)49-41(39)50(63)52(10,69-49)67-21-20-38(66-12)30(5)48(68-34(9)57)32(7)44(59)31(6)43(26)58/h13-22,26,28-32,38,43-44,48,58-62H,23-25H2,1-12H3,(H,54,64)/b14-13+,21-20+,27-15+,53-22+. The smallest absolute Gasteiger partial charge is 0.312 e. The van der Waals surface area contributed by atoms with E-state index in [1.807, 2.05) is 43.1 Å². The molecule has 17 nitrogen and oxygen atoms in total. The van der Waals surface area contributed by atoms with Gasteiger partial charge in [-0.1, -0.05) is 58.1 Å². The number of rotatable bonds is 7. The van der Waals surface area contributed by atoms with Gasteiger partial charge in [0, 0.05) is 80.8 Å². The Morgan fingerprint density at radius 3 is 2.16 bits per heavy atom. The zero-order valence-corrected chi connectivity index (χ0v) is 41.5.